The summed E-state index contributed by atoms with van der Waals surface area (Å²) in [5, 5.41) is 14.5. The predicted molar refractivity (Wildman–Crippen MR) is 110 cm³/mol. The summed E-state index contributed by atoms with van der Waals surface area (Å²) >= 11 is 0.846. The summed E-state index contributed by atoms with van der Waals surface area (Å²) in [7, 11) is -1.32. The van der Waals surface area contributed by atoms with Crippen LogP contribution in [0.3, 0.4) is 0 Å². The molecule has 0 bridgehead atoms. The summed E-state index contributed by atoms with van der Waals surface area (Å²) in [6.07, 6.45) is -1.07. The van der Waals surface area contributed by atoms with E-state index in [1.165, 1.54) is 0 Å². The molecular weight excluding hydrogens is 402 g/mol. The van der Waals surface area contributed by atoms with Crippen LogP contribution < -0.4 is 10.6 Å². The van der Waals surface area contributed by atoms with Crippen molar-refractivity contribution >= 4 is 42.7 Å². The van der Waals surface area contributed by atoms with E-state index in [-0.39, 0.29) is 28.7 Å². The van der Waals surface area contributed by atoms with Gasteiger partial charge in [0.25, 0.3) is 0 Å². The number of thiazole rings is 1. The van der Waals surface area contributed by atoms with Gasteiger partial charge in [0.2, 0.25) is 0 Å². The lowest BCUT2D eigenvalue weighted by Gasteiger charge is -2.19. The fourth-order valence-corrected chi connectivity index (χ4v) is 3.46. The van der Waals surface area contributed by atoms with Crippen molar-refractivity contribution in [3.05, 3.63) is 10.6 Å². The fourth-order valence-electron chi connectivity index (χ4n) is 1.91. The van der Waals surface area contributed by atoms with Crippen LogP contribution in [0.5, 0.6) is 0 Å². The van der Waals surface area contributed by atoms with Gasteiger partial charge in [-0.15, -0.1) is 0 Å². The Morgan fingerprint density at radius 2 is 1.82 bits per heavy atom. The van der Waals surface area contributed by atoms with Gasteiger partial charge in [-0.1, -0.05) is 31.0 Å². The zero-order valence-electron chi connectivity index (χ0n) is 17.2. The molecule has 0 saturated heterocycles. The summed E-state index contributed by atoms with van der Waals surface area (Å²) in [5.74, 6) is -1.15. The molecule has 0 saturated carbocycles. The molecule has 1 aromatic heterocycles. The van der Waals surface area contributed by atoms with Crippen molar-refractivity contribution in [2.75, 3.05) is 18.5 Å². The van der Waals surface area contributed by atoms with Crippen molar-refractivity contribution in [2.24, 2.45) is 0 Å². The molecule has 9 nitrogen and oxygen atoms in total. The van der Waals surface area contributed by atoms with Crippen LogP contribution in [0.15, 0.2) is 0 Å². The molecule has 0 fully saturated rings. The van der Waals surface area contributed by atoms with Crippen LogP contribution in [0.25, 0.3) is 0 Å². The first kappa shape index (κ1) is 23.9. The number of aromatic carboxylic acids is 1. The van der Waals surface area contributed by atoms with E-state index in [2.05, 4.69) is 35.3 Å². The van der Waals surface area contributed by atoms with E-state index in [1.54, 1.807) is 20.8 Å². The molecule has 11 heteroatoms. The quantitative estimate of drug-likeness (QED) is 0.534. The standard InChI is InChI=1S/C17H29N3O6SSi/c1-17(2,3)26-15(23)18-8-7-11-12(13(21)22)27-14(19-11)20-16(24)25-9-10-28(4,5)6/h7-10H2,1-6H3,(H,18,23)(H,21,22)(H,19,20,24). The normalized spacial score (nSPS) is 11.6. The Morgan fingerprint density at radius 3 is 2.36 bits per heavy atom. The predicted octanol–water partition coefficient (Wildman–Crippen LogP) is 3.80. The Labute approximate surface area is 169 Å². The average molecular weight is 432 g/mol. The van der Waals surface area contributed by atoms with E-state index in [1.807, 2.05) is 0 Å². The number of carboxylic acid groups (broad SMARTS) is 1. The lowest BCUT2D eigenvalue weighted by Crippen LogP contribution is -2.33. The summed E-state index contributed by atoms with van der Waals surface area (Å²) in [6, 6.07) is 0.834. The SMILES string of the molecule is CC(C)(C)OC(=O)NCCc1nc(NC(=O)OCC[Si](C)(C)C)sc1C(=O)O. The van der Waals surface area contributed by atoms with E-state index < -0.39 is 31.8 Å². The average Bonchev–Trinajstić information content (AvgIpc) is 2.86. The zero-order valence-corrected chi connectivity index (χ0v) is 19.0. The Hall–Kier alpha value is -2.14. The zero-order chi connectivity index (χ0) is 21.5. The van der Waals surface area contributed by atoms with Crippen molar-refractivity contribution in [1.29, 1.82) is 0 Å². The molecule has 0 aliphatic rings. The number of carboxylic acids is 1. The van der Waals surface area contributed by atoms with Gasteiger partial charge < -0.3 is 19.9 Å². The van der Waals surface area contributed by atoms with E-state index in [0.717, 1.165) is 17.4 Å². The van der Waals surface area contributed by atoms with E-state index in [9.17, 15) is 19.5 Å². The molecule has 0 unspecified atom stereocenters. The number of ether oxygens (including phenoxy) is 2. The third kappa shape index (κ3) is 9.69. The molecule has 0 spiro atoms. The Bertz CT molecular complexity index is 709. The molecule has 28 heavy (non-hydrogen) atoms. The lowest BCUT2D eigenvalue weighted by atomic mass is 10.2. The highest BCUT2D eigenvalue weighted by molar-refractivity contribution is 7.17. The van der Waals surface area contributed by atoms with Crippen LogP contribution in [-0.4, -0.2) is 55.1 Å². The Kier molecular flexibility index (Phi) is 8.42. The molecule has 1 heterocycles. The number of anilines is 1. The monoisotopic (exact) mass is 431 g/mol. The first-order valence-corrected chi connectivity index (χ1v) is 13.4. The second-order valence-corrected chi connectivity index (χ2v) is 15.0. The number of carbonyl (C=O) groups is 3. The summed E-state index contributed by atoms with van der Waals surface area (Å²) in [5.41, 5.74) is -0.352. The molecule has 2 amide bonds. The number of amides is 2. The number of alkyl carbamates (subject to hydrolysis) is 1. The molecule has 3 N–H and O–H groups in total. The Morgan fingerprint density at radius 1 is 1.18 bits per heavy atom. The van der Waals surface area contributed by atoms with Crippen LogP contribution >= 0.6 is 11.3 Å². The maximum Gasteiger partial charge on any atom is 0.413 e. The highest BCUT2D eigenvalue weighted by Crippen LogP contribution is 2.24. The number of nitrogens with one attached hydrogen (secondary N) is 2. The smallest absolute Gasteiger partial charge is 0.413 e. The molecule has 0 aliphatic carbocycles. The van der Waals surface area contributed by atoms with Crippen molar-refractivity contribution in [3.8, 4) is 0 Å². The summed E-state index contributed by atoms with van der Waals surface area (Å²) < 4.78 is 10.2. The van der Waals surface area contributed by atoms with Gasteiger partial charge in [-0.25, -0.2) is 19.4 Å². The minimum Gasteiger partial charge on any atom is -0.477 e. The number of rotatable bonds is 8. The van der Waals surface area contributed by atoms with Crippen molar-refractivity contribution in [1.82, 2.24) is 10.3 Å². The van der Waals surface area contributed by atoms with Gasteiger partial charge in [-0.2, -0.15) is 0 Å². The van der Waals surface area contributed by atoms with E-state index >= 15 is 0 Å². The van der Waals surface area contributed by atoms with E-state index in [0.29, 0.717) is 6.61 Å². The van der Waals surface area contributed by atoms with Gasteiger partial charge in [-0.05, 0) is 26.8 Å². The number of aromatic nitrogens is 1. The van der Waals surface area contributed by atoms with Gasteiger partial charge in [0.05, 0.1) is 12.3 Å². The van der Waals surface area contributed by atoms with Gasteiger partial charge in [0, 0.05) is 21.0 Å². The minimum absolute atomic E-state index is 0.00314. The van der Waals surface area contributed by atoms with Gasteiger partial charge in [-0.3, -0.25) is 5.32 Å². The highest BCUT2D eigenvalue weighted by Gasteiger charge is 2.20. The van der Waals surface area contributed by atoms with Crippen molar-refractivity contribution < 1.29 is 29.0 Å². The third-order valence-corrected chi connectivity index (χ3v) is 5.92. The lowest BCUT2D eigenvalue weighted by molar-refractivity contribution is 0.0528. The molecule has 1 aromatic rings. The van der Waals surface area contributed by atoms with Crippen LogP contribution in [0.4, 0.5) is 14.7 Å². The topological polar surface area (TPSA) is 127 Å². The maximum atomic E-state index is 11.9. The first-order chi connectivity index (χ1) is 12.8. The van der Waals surface area contributed by atoms with Crippen LogP contribution in [-0.2, 0) is 15.9 Å². The van der Waals surface area contributed by atoms with Crippen LogP contribution in [0.1, 0.15) is 36.1 Å². The summed E-state index contributed by atoms with van der Waals surface area (Å²) in [4.78, 5) is 39.1. The summed E-state index contributed by atoms with van der Waals surface area (Å²) in [6.45, 7) is 12.2. The third-order valence-electron chi connectivity index (χ3n) is 3.22. The molecule has 158 valence electrons. The number of hydrogen-bond donors (Lipinski definition) is 3. The highest BCUT2D eigenvalue weighted by atomic mass is 32.1. The van der Waals surface area contributed by atoms with Gasteiger partial charge in [0.15, 0.2) is 5.13 Å². The number of carbonyl (C=O) groups excluding carboxylic acids is 2. The van der Waals surface area contributed by atoms with Gasteiger partial charge >= 0.3 is 18.2 Å². The van der Waals surface area contributed by atoms with E-state index in [4.69, 9.17) is 9.47 Å². The molecular formula is C17H29N3O6SSi. The van der Waals surface area contributed by atoms with Crippen LogP contribution in [0, 0.1) is 0 Å². The molecule has 0 atom stereocenters. The maximum absolute atomic E-state index is 11.9. The van der Waals surface area contributed by atoms with Gasteiger partial charge in [0.1, 0.15) is 10.5 Å². The second-order valence-electron chi connectivity index (χ2n) is 8.35. The van der Waals surface area contributed by atoms with Crippen molar-refractivity contribution in [3.63, 3.8) is 0 Å². The molecule has 1 rings (SSSR count). The fraction of sp³-hybridized carbons (Fsp3) is 0.647. The first-order valence-electron chi connectivity index (χ1n) is 8.90. The minimum atomic E-state index is -1.32. The number of hydrogen-bond acceptors (Lipinski definition) is 7. The molecule has 0 aromatic carbocycles. The Balaban J connectivity index is 2.61. The van der Waals surface area contributed by atoms with Crippen molar-refractivity contribution in [2.45, 2.75) is 58.5 Å². The largest absolute Gasteiger partial charge is 0.477 e. The number of nitrogens with zero attached hydrogens (tertiary/aromatic N) is 1. The van der Waals surface area contributed by atoms with Crippen LogP contribution in [0.2, 0.25) is 25.7 Å². The second kappa shape index (κ2) is 9.87. The molecule has 0 radical (unpaired) electrons. The molecule has 0 aliphatic heterocycles.